The van der Waals surface area contributed by atoms with Crippen molar-refractivity contribution < 1.29 is 24.6 Å². The maximum atomic E-state index is 12.5. The smallest absolute Gasteiger partial charge is 0.315 e. The van der Waals surface area contributed by atoms with E-state index in [1.54, 1.807) is 0 Å². The number of carbonyl (C=O) groups is 1. The van der Waals surface area contributed by atoms with Crippen LogP contribution in [0, 0.1) is 11.8 Å². The molecule has 24 heavy (non-hydrogen) atoms. The third-order valence-corrected chi connectivity index (χ3v) is 5.57. The van der Waals surface area contributed by atoms with E-state index in [2.05, 4.69) is 20.4 Å². The van der Waals surface area contributed by atoms with Gasteiger partial charge in [0.2, 0.25) is 0 Å². The van der Waals surface area contributed by atoms with Gasteiger partial charge in [0.15, 0.2) is 0 Å². The van der Waals surface area contributed by atoms with Gasteiger partial charge in [0.05, 0.1) is 31.8 Å². The highest BCUT2D eigenvalue weighted by molar-refractivity contribution is 5.75. The summed E-state index contributed by atoms with van der Waals surface area (Å²) >= 11 is 0. The molecule has 0 aromatic rings. The zero-order chi connectivity index (χ0) is 17.9. The molecule has 3 N–H and O–H groups in total. The van der Waals surface area contributed by atoms with Crippen LogP contribution in [0.15, 0.2) is 23.8 Å². The van der Waals surface area contributed by atoms with Crippen LogP contribution in [-0.4, -0.2) is 54.1 Å². The minimum Gasteiger partial charge on any atom is -0.461 e. The Labute approximate surface area is 145 Å². The van der Waals surface area contributed by atoms with Gasteiger partial charge >= 0.3 is 5.97 Å². The molecule has 0 spiro atoms. The van der Waals surface area contributed by atoms with Gasteiger partial charge in [-0.2, -0.15) is 0 Å². The number of ether oxygens (including phenoxy) is 1. The molecular weight excluding hydrogens is 306 g/mol. The fourth-order valence-electron chi connectivity index (χ4n) is 3.89. The van der Waals surface area contributed by atoms with Crippen molar-refractivity contribution in [3.63, 3.8) is 0 Å². The molecule has 0 amide bonds. The summed E-state index contributed by atoms with van der Waals surface area (Å²) in [5, 5.41) is 21.0. The number of rotatable bonds is 4. The summed E-state index contributed by atoms with van der Waals surface area (Å²) in [5.41, 5.74) is 1.72. The first-order valence-corrected chi connectivity index (χ1v) is 9.12. The average molecular weight is 338 g/mol. The molecule has 1 heterocycles. The predicted octanol–water partition coefficient (Wildman–Crippen LogP) is 0.477. The first-order chi connectivity index (χ1) is 11.4. The van der Waals surface area contributed by atoms with Crippen molar-refractivity contribution in [2.24, 2.45) is 11.8 Å². The Morgan fingerprint density at radius 2 is 2.00 bits per heavy atom. The second-order valence-electron chi connectivity index (χ2n) is 7.24. The van der Waals surface area contributed by atoms with Gasteiger partial charge in [-0.15, -0.1) is 0 Å². The minimum absolute atomic E-state index is 0.226. The van der Waals surface area contributed by atoms with E-state index in [0.29, 0.717) is 25.0 Å². The quantitative estimate of drug-likeness (QED) is 0.515. The summed E-state index contributed by atoms with van der Waals surface area (Å²) in [5.74, 6) is -0.813. The molecule has 2 rings (SSSR count). The Morgan fingerprint density at radius 1 is 1.33 bits per heavy atom. The highest BCUT2D eigenvalue weighted by Gasteiger charge is 2.49. The summed E-state index contributed by atoms with van der Waals surface area (Å²) in [4.78, 5) is 13.8. The maximum absolute atomic E-state index is 12.5. The number of carbonyl (C=O) groups excluding carboxylic acids is 1. The van der Waals surface area contributed by atoms with Crippen molar-refractivity contribution in [1.82, 2.24) is 0 Å². The summed E-state index contributed by atoms with van der Waals surface area (Å²) < 4.78 is 5.61. The van der Waals surface area contributed by atoms with Crippen LogP contribution in [0.25, 0.3) is 0 Å². The zero-order valence-electron chi connectivity index (χ0n) is 15.1. The van der Waals surface area contributed by atoms with Gasteiger partial charge in [0.25, 0.3) is 0 Å². The molecule has 0 aromatic heterocycles. The van der Waals surface area contributed by atoms with Crippen molar-refractivity contribution in [2.75, 3.05) is 19.6 Å². The van der Waals surface area contributed by atoms with Gasteiger partial charge in [0.1, 0.15) is 12.0 Å². The fraction of sp³-hybridized carbons (Fsp3) is 0.737. The predicted molar refractivity (Wildman–Crippen MR) is 92.5 cm³/mol. The first kappa shape index (κ1) is 19.2. The van der Waals surface area contributed by atoms with Crippen molar-refractivity contribution >= 4 is 5.97 Å². The number of fused-ring (bicyclic) bond motifs is 1. The van der Waals surface area contributed by atoms with E-state index < -0.39 is 18.3 Å². The van der Waals surface area contributed by atoms with Crippen LogP contribution in [0.1, 0.15) is 40.0 Å². The second-order valence-corrected chi connectivity index (χ2v) is 7.24. The Morgan fingerprint density at radius 3 is 2.62 bits per heavy atom. The number of quaternary nitrogens is 1. The van der Waals surface area contributed by atoms with Crippen LogP contribution in [-0.2, 0) is 9.53 Å². The molecule has 0 unspecified atom stereocenters. The summed E-state index contributed by atoms with van der Waals surface area (Å²) in [6.07, 6.45) is 1.87. The van der Waals surface area contributed by atoms with Gasteiger partial charge in [-0.05, 0) is 39.2 Å². The van der Waals surface area contributed by atoms with E-state index in [1.807, 2.05) is 13.0 Å². The van der Waals surface area contributed by atoms with Crippen LogP contribution in [0.5, 0.6) is 0 Å². The average Bonchev–Trinajstić information content (AvgIpc) is 2.84. The molecule has 5 atom stereocenters. The van der Waals surface area contributed by atoms with Crippen LogP contribution >= 0.6 is 0 Å². The summed E-state index contributed by atoms with van der Waals surface area (Å²) in [7, 11) is 0. The molecule has 5 nitrogen and oxygen atoms in total. The molecule has 0 aromatic carbocycles. The van der Waals surface area contributed by atoms with E-state index >= 15 is 0 Å². The molecular formula is C19H32NO4+. The van der Waals surface area contributed by atoms with E-state index in [0.717, 1.165) is 25.1 Å². The lowest BCUT2D eigenvalue weighted by atomic mass is 9.80. The van der Waals surface area contributed by atoms with E-state index in [4.69, 9.17) is 4.74 Å². The van der Waals surface area contributed by atoms with Gasteiger partial charge in [-0.1, -0.05) is 18.2 Å². The topological polar surface area (TPSA) is 71.2 Å². The SMILES string of the molecule is C=C1C[C@@H]2OC(=O)[C@H](C[NH+](CC)CC)[C@H]2[C@H](O)/C=C(\C)CC[C@@H]1O. The molecule has 136 valence electrons. The van der Waals surface area contributed by atoms with Gasteiger partial charge < -0.3 is 19.8 Å². The highest BCUT2D eigenvalue weighted by Crippen LogP contribution is 2.36. The Kier molecular flexibility index (Phi) is 6.61. The minimum atomic E-state index is -0.704. The Balaban J connectivity index is 2.29. The normalized spacial score (nSPS) is 36.9. The number of esters is 1. The van der Waals surface area contributed by atoms with Crippen molar-refractivity contribution in [2.45, 2.75) is 58.3 Å². The van der Waals surface area contributed by atoms with Crippen molar-refractivity contribution in [3.8, 4) is 0 Å². The number of allylic oxidation sites excluding steroid dienone is 1. The fourth-order valence-corrected chi connectivity index (χ4v) is 3.89. The van der Waals surface area contributed by atoms with Crippen LogP contribution in [0.4, 0.5) is 0 Å². The van der Waals surface area contributed by atoms with Gasteiger partial charge in [0, 0.05) is 12.3 Å². The molecule has 1 saturated heterocycles. The molecule has 0 bridgehead atoms. The maximum Gasteiger partial charge on any atom is 0.315 e. The number of aliphatic hydroxyl groups is 2. The van der Waals surface area contributed by atoms with Crippen LogP contribution < -0.4 is 4.90 Å². The monoisotopic (exact) mass is 338 g/mol. The largest absolute Gasteiger partial charge is 0.461 e. The molecule has 1 aliphatic heterocycles. The Bertz CT molecular complexity index is 498. The number of aliphatic hydroxyl groups excluding tert-OH is 2. The summed E-state index contributed by atoms with van der Waals surface area (Å²) in [6, 6.07) is 0. The third kappa shape index (κ3) is 4.26. The van der Waals surface area contributed by atoms with Crippen molar-refractivity contribution in [1.29, 1.82) is 0 Å². The number of hydrogen-bond acceptors (Lipinski definition) is 4. The zero-order valence-corrected chi connectivity index (χ0v) is 15.1. The lowest BCUT2D eigenvalue weighted by Crippen LogP contribution is -3.12. The summed E-state index contributed by atoms with van der Waals surface area (Å²) in [6.45, 7) is 12.7. The van der Waals surface area contributed by atoms with Crippen molar-refractivity contribution in [3.05, 3.63) is 23.8 Å². The Hall–Kier alpha value is -1.17. The van der Waals surface area contributed by atoms with Crippen LogP contribution in [0.2, 0.25) is 0 Å². The molecule has 0 saturated carbocycles. The van der Waals surface area contributed by atoms with E-state index in [9.17, 15) is 15.0 Å². The molecule has 2 aliphatic rings. The lowest BCUT2D eigenvalue weighted by molar-refractivity contribution is -0.899. The van der Waals surface area contributed by atoms with E-state index in [-0.39, 0.29) is 17.8 Å². The number of hydrogen-bond donors (Lipinski definition) is 3. The first-order valence-electron chi connectivity index (χ1n) is 9.12. The van der Waals surface area contributed by atoms with Gasteiger partial charge in [-0.3, -0.25) is 4.79 Å². The van der Waals surface area contributed by atoms with Crippen LogP contribution in [0.3, 0.4) is 0 Å². The lowest BCUT2D eigenvalue weighted by Gasteiger charge is -2.28. The van der Waals surface area contributed by atoms with Gasteiger partial charge in [-0.25, -0.2) is 0 Å². The van der Waals surface area contributed by atoms with E-state index in [1.165, 1.54) is 4.90 Å². The molecule has 1 aliphatic carbocycles. The standard InChI is InChI=1S/C19H31NO4/c1-5-20(6-2)11-14-18-16(22)9-12(3)7-8-15(21)13(4)10-17(18)24-19(14)23/h9,14-18,21-22H,4-8,10-11H2,1-3H3/p+1/b12-9+/t14-,15+,16-,17+,18+/m1/s1. The molecule has 5 heteroatoms. The molecule has 0 radical (unpaired) electrons. The second kappa shape index (κ2) is 8.28. The highest BCUT2D eigenvalue weighted by atomic mass is 16.6. The molecule has 1 fully saturated rings. The third-order valence-electron chi connectivity index (χ3n) is 5.57. The number of nitrogens with one attached hydrogen (secondary N) is 1.